The van der Waals surface area contributed by atoms with Crippen LogP contribution in [-0.4, -0.2) is 46.9 Å². The number of thiazole rings is 1. The fraction of sp³-hybridized carbons (Fsp3) is 0.667. The van der Waals surface area contributed by atoms with Gasteiger partial charge in [0.2, 0.25) is 0 Å². The average molecular weight is 300 g/mol. The average Bonchev–Trinajstić information content (AvgIpc) is 2.78. The normalized spacial score (nSPS) is 15.8. The number of hydrogen-bond donors (Lipinski definition) is 2. The molecular weight excluding hydrogens is 280 g/mol. The van der Waals surface area contributed by atoms with Crippen molar-refractivity contribution in [1.29, 1.82) is 0 Å². The van der Waals surface area contributed by atoms with Crippen molar-refractivity contribution >= 4 is 40.0 Å². The molecule has 1 aromatic rings. The zero-order chi connectivity index (χ0) is 13.8. The lowest BCUT2D eigenvalue weighted by Gasteiger charge is -2.25. The molecule has 0 spiro atoms. The number of nitrogens with zero attached hydrogens (tertiary/aromatic N) is 2. The van der Waals surface area contributed by atoms with Gasteiger partial charge in [-0.1, -0.05) is 25.2 Å². The Balaban J connectivity index is 2.04. The van der Waals surface area contributed by atoms with Crippen molar-refractivity contribution in [3.8, 4) is 0 Å². The number of nitrogens with one attached hydrogen (secondary N) is 1. The Kier molecular flexibility index (Phi) is 4.93. The Morgan fingerprint density at radius 1 is 1.47 bits per heavy atom. The Morgan fingerprint density at radius 2 is 2.16 bits per heavy atom. The predicted octanol–water partition coefficient (Wildman–Crippen LogP) is 1.98. The molecule has 1 amide bonds. The summed E-state index contributed by atoms with van der Waals surface area (Å²) in [6.07, 6.45) is 0. The minimum absolute atomic E-state index is 0.0212. The molecule has 106 valence electrons. The summed E-state index contributed by atoms with van der Waals surface area (Å²) in [6, 6.07) is 0. The Labute approximate surface area is 122 Å². The molecule has 3 N–H and O–H groups in total. The first kappa shape index (κ1) is 14.5. The van der Waals surface area contributed by atoms with Crippen LogP contribution in [0.4, 0.5) is 10.9 Å². The summed E-state index contributed by atoms with van der Waals surface area (Å²) in [5.74, 6) is 2.90. The monoisotopic (exact) mass is 300 g/mol. The first-order chi connectivity index (χ1) is 9.08. The molecule has 7 heteroatoms. The zero-order valence-corrected chi connectivity index (χ0v) is 12.9. The standard InChI is InChI=1S/C12H20N4OS2/c1-8(2)7-14-12-15-10(13)9(19-12)11(17)16-3-5-18-6-4-16/h8H,3-7,13H2,1-2H3,(H,14,15). The number of carbonyl (C=O) groups is 1. The highest BCUT2D eigenvalue weighted by atomic mass is 32.2. The highest BCUT2D eigenvalue weighted by Gasteiger charge is 2.23. The van der Waals surface area contributed by atoms with Crippen LogP contribution in [0.1, 0.15) is 23.5 Å². The van der Waals surface area contributed by atoms with Crippen molar-refractivity contribution in [3.63, 3.8) is 0 Å². The second-order valence-corrected chi connectivity index (χ2v) is 7.14. The van der Waals surface area contributed by atoms with Crippen molar-refractivity contribution in [3.05, 3.63) is 4.88 Å². The fourth-order valence-electron chi connectivity index (χ4n) is 1.76. The number of thioether (sulfide) groups is 1. The highest BCUT2D eigenvalue weighted by molar-refractivity contribution is 7.99. The van der Waals surface area contributed by atoms with Crippen molar-refractivity contribution in [2.24, 2.45) is 5.92 Å². The third kappa shape index (κ3) is 3.76. The van der Waals surface area contributed by atoms with Crippen molar-refractivity contribution < 1.29 is 4.79 Å². The summed E-state index contributed by atoms with van der Waals surface area (Å²) in [7, 11) is 0. The van der Waals surface area contributed by atoms with E-state index in [1.54, 1.807) is 0 Å². The van der Waals surface area contributed by atoms with Crippen LogP contribution in [0, 0.1) is 5.92 Å². The maximum absolute atomic E-state index is 12.4. The molecular formula is C12H20N4OS2. The van der Waals surface area contributed by atoms with E-state index in [0.717, 1.165) is 36.3 Å². The molecule has 0 unspecified atom stereocenters. The van der Waals surface area contributed by atoms with E-state index >= 15 is 0 Å². The van der Waals surface area contributed by atoms with Crippen LogP contribution >= 0.6 is 23.1 Å². The maximum atomic E-state index is 12.4. The number of anilines is 2. The van der Waals surface area contributed by atoms with Crippen LogP contribution in [0.2, 0.25) is 0 Å². The van der Waals surface area contributed by atoms with E-state index in [1.165, 1.54) is 11.3 Å². The van der Waals surface area contributed by atoms with Gasteiger partial charge in [0, 0.05) is 31.1 Å². The highest BCUT2D eigenvalue weighted by Crippen LogP contribution is 2.27. The zero-order valence-electron chi connectivity index (χ0n) is 11.3. The van der Waals surface area contributed by atoms with Gasteiger partial charge in [-0.05, 0) is 5.92 Å². The third-order valence-corrected chi connectivity index (χ3v) is 4.77. The lowest BCUT2D eigenvalue weighted by Crippen LogP contribution is -2.37. The van der Waals surface area contributed by atoms with E-state index in [4.69, 9.17) is 5.73 Å². The smallest absolute Gasteiger partial charge is 0.267 e. The minimum Gasteiger partial charge on any atom is -0.382 e. The summed E-state index contributed by atoms with van der Waals surface area (Å²) in [6.45, 7) is 6.69. The first-order valence-electron chi connectivity index (χ1n) is 6.45. The van der Waals surface area contributed by atoms with Gasteiger partial charge in [0.25, 0.3) is 5.91 Å². The first-order valence-corrected chi connectivity index (χ1v) is 8.42. The molecule has 1 saturated heterocycles. The molecule has 0 radical (unpaired) electrons. The van der Waals surface area contributed by atoms with E-state index in [0.29, 0.717) is 16.6 Å². The van der Waals surface area contributed by atoms with E-state index in [1.807, 2.05) is 16.7 Å². The number of carbonyl (C=O) groups excluding carboxylic acids is 1. The summed E-state index contributed by atoms with van der Waals surface area (Å²) < 4.78 is 0. The van der Waals surface area contributed by atoms with Crippen LogP contribution in [0.3, 0.4) is 0 Å². The molecule has 19 heavy (non-hydrogen) atoms. The van der Waals surface area contributed by atoms with Gasteiger partial charge in [-0.15, -0.1) is 0 Å². The van der Waals surface area contributed by atoms with Gasteiger partial charge in [-0.25, -0.2) is 4.98 Å². The van der Waals surface area contributed by atoms with Crippen molar-refractivity contribution in [2.75, 3.05) is 42.2 Å². The van der Waals surface area contributed by atoms with Gasteiger partial charge in [0.05, 0.1) is 0 Å². The number of nitrogens with two attached hydrogens (primary N) is 1. The third-order valence-electron chi connectivity index (χ3n) is 2.81. The second kappa shape index (κ2) is 6.47. The van der Waals surface area contributed by atoms with Gasteiger partial charge in [-0.2, -0.15) is 11.8 Å². The van der Waals surface area contributed by atoms with Crippen LogP contribution in [0.5, 0.6) is 0 Å². The van der Waals surface area contributed by atoms with Gasteiger partial charge >= 0.3 is 0 Å². The SMILES string of the molecule is CC(C)CNc1nc(N)c(C(=O)N2CCSCC2)s1. The van der Waals surface area contributed by atoms with Gasteiger partial charge in [0.15, 0.2) is 5.13 Å². The van der Waals surface area contributed by atoms with Crippen molar-refractivity contribution in [1.82, 2.24) is 9.88 Å². The predicted molar refractivity (Wildman–Crippen MR) is 83.1 cm³/mol. The van der Waals surface area contributed by atoms with Gasteiger partial charge in [-0.3, -0.25) is 4.79 Å². The molecule has 0 saturated carbocycles. The fourth-order valence-corrected chi connectivity index (χ4v) is 3.52. The van der Waals surface area contributed by atoms with E-state index in [9.17, 15) is 4.79 Å². The van der Waals surface area contributed by atoms with Crippen molar-refractivity contribution in [2.45, 2.75) is 13.8 Å². The molecule has 0 atom stereocenters. The quantitative estimate of drug-likeness (QED) is 0.889. The minimum atomic E-state index is 0.0212. The summed E-state index contributed by atoms with van der Waals surface area (Å²) in [5, 5.41) is 3.95. The number of aromatic nitrogens is 1. The van der Waals surface area contributed by atoms with Crippen LogP contribution < -0.4 is 11.1 Å². The molecule has 1 fully saturated rings. The van der Waals surface area contributed by atoms with Crippen LogP contribution in [0.25, 0.3) is 0 Å². The Morgan fingerprint density at radius 3 is 2.79 bits per heavy atom. The topological polar surface area (TPSA) is 71.2 Å². The largest absolute Gasteiger partial charge is 0.382 e. The molecule has 1 aromatic heterocycles. The van der Waals surface area contributed by atoms with E-state index in [2.05, 4.69) is 24.1 Å². The molecule has 2 rings (SSSR count). The summed E-state index contributed by atoms with van der Waals surface area (Å²) in [5.41, 5.74) is 5.86. The molecule has 0 bridgehead atoms. The molecule has 1 aliphatic heterocycles. The van der Waals surface area contributed by atoms with E-state index < -0.39 is 0 Å². The Hall–Kier alpha value is -0.950. The number of amides is 1. The lowest BCUT2D eigenvalue weighted by molar-refractivity contribution is 0.0778. The maximum Gasteiger partial charge on any atom is 0.267 e. The molecule has 2 heterocycles. The van der Waals surface area contributed by atoms with Gasteiger partial charge in [0.1, 0.15) is 10.7 Å². The molecule has 5 nitrogen and oxygen atoms in total. The van der Waals surface area contributed by atoms with E-state index in [-0.39, 0.29) is 5.91 Å². The molecule has 0 aliphatic carbocycles. The number of rotatable bonds is 4. The molecule has 1 aliphatic rings. The number of nitrogen functional groups attached to an aromatic ring is 1. The second-order valence-electron chi connectivity index (χ2n) is 4.91. The Bertz CT molecular complexity index is 441. The van der Waals surface area contributed by atoms with Gasteiger partial charge < -0.3 is 16.0 Å². The summed E-state index contributed by atoms with van der Waals surface area (Å²) >= 11 is 3.24. The lowest BCUT2D eigenvalue weighted by atomic mass is 10.2. The summed E-state index contributed by atoms with van der Waals surface area (Å²) in [4.78, 5) is 19.0. The molecule has 0 aromatic carbocycles. The van der Waals surface area contributed by atoms with Crippen LogP contribution in [-0.2, 0) is 0 Å². The van der Waals surface area contributed by atoms with Crippen LogP contribution in [0.15, 0.2) is 0 Å². The number of hydrogen-bond acceptors (Lipinski definition) is 6.